The fraction of sp³-hybridized carbons (Fsp3) is 0.346. The summed E-state index contributed by atoms with van der Waals surface area (Å²) in [6.07, 6.45) is 2.68. The van der Waals surface area contributed by atoms with Gasteiger partial charge in [0.15, 0.2) is 0 Å². The summed E-state index contributed by atoms with van der Waals surface area (Å²) in [6, 6.07) is 13.7. The minimum absolute atomic E-state index is 0.200. The van der Waals surface area contributed by atoms with Gasteiger partial charge in [0, 0.05) is 23.5 Å². The normalized spacial score (nSPS) is 15.8. The van der Waals surface area contributed by atoms with E-state index in [1.807, 2.05) is 19.1 Å². The van der Waals surface area contributed by atoms with Crippen LogP contribution in [0.2, 0.25) is 0 Å². The number of aryl methyl sites for hydroxylation is 1. The number of nitrogens with zero attached hydrogens (tertiary/aromatic N) is 1. The minimum atomic E-state index is -0.630. The van der Waals surface area contributed by atoms with Gasteiger partial charge in [-0.3, -0.25) is 9.69 Å². The van der Waals surface area contributed by atoms with Crippen LogP contribution in [0.15, 0.2) is 59.8 Å². The van der Waals surface area contributed by atoms with Gasteiger partial charge in [0.1, 0.15) is 0 Å². The Morgan fingerprint density at radius 2 is 1.73 bits per heavy atom. The molecule has 2 N–H and O–H groups in total. The van der Waals surface area contributed by atoms with E-state index >= 15 is 0 Å². The van der Waals surface area contributed by atoms with Crippen molar-refractivity contribution in [3.8, 4) is 0 Å². The van der Waals surface area contributed by atoms with Crippen LogP contribution < -0.4 is 10.6 Å². The maximum atomic E-state index is 12.7. The molecule has 33 heavy (non-hydrogen) atoms. The lowest BCUT2D eigenvalue weighted by Gasteiger charge is -2.35. The van der Waals surface area contributed by atoms with Gasteiger partial charge in [0.25, 0.3) is 5.91 Å². The average Bonchev–Trinajstić information content (AvgIpc) is 2.83. The molecule has 0 aliphatic carbocycles. The lowest BCUT2D eigenvalue weighted by molar-refractivity contribution is -0.136. The molecule has 7 nitrogen and oxygen atoms in total. The van der Waals surface area contributed by atoms with Gasteiger partial charge in [-0.25, -0.2) is 9.59 Å². The number of esters is 1. The maximum Gasteiger partial charge on any atom is 0.337 e. The van der Waals surface area contributed by atoms with E-state index < -0.39 is 12.0 Å². The van der Waals surface area contributed by atoms with Crippen molar-refractivity contribution in [3.63, 3.8) is 0 Å². The van der Waals surface area contributed by atoms with Crippen molar-refractivity contribution in [2.45, 2.75) is 46.1 Å². The summed E-state index contributed by atoms with van der Waals surface area (Å²) in [6.45, 7) is 6.42. The van der Waals surface area contributed by atoms with E-state index in [0.717, 1.165) is 24.8 Å². The third-order valence-corrected chi connectivity index (χ3v) is 5.86. The molecule has 0 radical (unpaired) electrons. The highest BCUT2D eigenvalue weighted by Gasteiger charge is 2.35. The van der Waals surface area contributed by atoms with Crippen molar-refractivity contribution < 1.29 is 19.1 Å². The smallest absolute Gasteiger partial charge is 0.337 e. The van der Waals surface area contributed by atoms with Gasteiger partial charge < -0.3 is 15.4 Å². The zero-order valence-electron chi connectivity index (χ0n) is 19.6. The van der Waals surface area contributed by atoms with Crippen molar-refractivity contribution >= 4 is 23.6 Å². The number of carbonyl (C=O) groups is 3. The summed E-state index contributed by atoms with van der Waals surface area (Å²) in [4.78, 5) is 39.5. The standard InChI is InChI=1S/C26H31N3O4/c1-5-7-16-29-17(3)22(25(31)33-4)23(28-26(29)32)19-12-14-21(15-13-19)27-24(30)20-10-8-18(6-2)9-11-20/h8-15,23H,5-7,16H2,1-4H3,(H,27,30)(H,28,32). The number of allylic oxidation sites excluding steroid dienone is 1. The molecule has 1 aliphatic heterocycles. The van der Waals surface area contributed by atoms with Gasteiger partial charge >= 0.3 is 12.0 Å². The van der Waals surface area contributed by atoms with E-state index in [-0.39, 0.29) is 11.9 Å². The molecule has 1 unspecified atom stereocenters. The van der Waals surface area contributed by atoms with Gasteiger partial charge in [-0.2, -0.15) is 0 Å². The van der Waals surface area contributed by atoms with E-state index in [0.29, 0.717) is 29.1 Å². The molecule has 1 atom stereocenters. The highest BCUT2D eigenvalue weighted by atomic mass is 16.5. The number of hydrogen-bond acceptors (Lipinski definition) is 4. The van der Waals surface area contributed by atoms with E-state index in [1.54, 1.807) is 48.2 Å². The molecular weight excluding hydrogens is 418 g/mol. The number of anilines is 1. The number of hydrogen-bond donors (Lipinski definition) is 2. The summed E-state index contributed by atoms with van der Waals surface area (Å²) in [5, 5.41) is 5.81. The first-order chi connectivity index (χ1) is 15.9. The van der Waals surface area contributed by atoms with Crippen LogP contribution in [-0.4, -0.2) is 36.5 Å². The van der Waals surface area contributed by atoms with Crippen LogP contribution in [0.1, 0.15) is 61.1 Å². The molecule has 0 saturated carbocycles. The van der Waals surface area contributed by atoms with Crippen molar-refractivity contribution in [3.05, 3.63) is 76.5 Å². The summed E-state index contributed by atoms with van der Waals surface area (Å²) in [5.74, 6) is -0.680. The molecule has 0 bridgehead atoms. The number of nitrogens with one attached hydrogen (secondary N) is 2. The number of rotatable bonds is 8. The van der Waals surface area contributed by atoms with E-state index in [4.69, 9.17) is 4.74 Å². The van der Waals surface area contributed by atoms with E-state index in [2.05, 4.69) is 17.6 Å². The number of urea groups is 1. The third-order valence-electron chi connectivity index (χ3n) is 5.86. The maximum absolute atomic E-state index is 12.7. The zero-order chi connectivity index (χ0) is 24.0. The predicted octanol–water partition coefficient (Wildman–Crippen LogP) is 4.81. The van der Waals surface area contributed by atoms with E-state index in [9.17, 15) is 14.4 Å². The highest BCUT2D eigenvalue weighted by molar-refractivity contribution is 6.04. The minimum Gasteiger partial charge on any atom is -0.466 e. The van der Waals surface area contributed by atoms with Crippen LogP contribution in [-0.2, 0) is 16.0 Å². The average molecular weight is 450 g/mol. The van der Waals surface area contributed by atoms with Crippen LogP contribution in [0, 0.1) is 0 Å². The molecule has 3 rings (SSSR count). The summed E-state index contributed by atoms with van der Waals surface area (Å²) in [5.41, 5.74) is 4.09. The van der Waals surface area contributed by atoms with Crippen LogP contribution in [0.4, 0.5) is 10.5 Å². The third kappa shape index (κ3) is 5.42. The lowest BCUT2D eigenvalue weighted by atomic mass is 9.94. The van der Waals surface area contributed by atoms with Gasteiger partial charge in [0.05, 0.1) is 18.7 Å². The number of ether oxygens (including phenoxy) is 1. The Morgan fingerprint density at radius 3 is 2.30 bits per heavy atom. The molecule has 2 aromatic carbocycles. The van der Waals surface area contributed by atoms with Crippen LogP contribution >= 0.6 is 0 Å². The first kappa shape index (κ1) is 24.0. The Bertz CT molecular complexity index is 1040. The Labute approximate surface area is 194 Å². The predicted molar refractivity (Wildman–Crippen MR) is 128 cm³/mol. The molecular formula is C26H31N3O4. The van der Waals surface area contributed by atoms with Gasteiger partial charge in [-0.15, -0.1) is 0 Å². The largest absolute Gasteiger partial charge is 0.466 e. The molecule has 0 aromatic heterocycles. The molecule has 7 heteroatoms. The fourth-order valence-electron chi connectivity index (χ4n) is 3.85. The number of unbranched alkanes of at least 4 members (excludes halogenated alkanes) is 1. The lowest BCUT2D eigenvalue weighted by Crippen LogP contribution is -2.48. The number of carbonyl (C=O) groups excluding carboxylic acids is 3. The second kappa shape index (κ2) is 10.8. The zero-order valence-corrected chi connectivity index (χ0v) is 19.6. The summed E-state index contributed by atoms with van der Waals surface area (Å²) >= 11 is 0. The second-order valence-electron chi connectivity index (χ2n) is 8.00. The Morgan fingerprint density at radius 1 is 1.06 bits per heavy atom. The molecule has 2 aromatic rings. The van der Waals surface area contributed by atoms with Crippen molar-refractivity contribution in [1.29, 1.82) is 0 Å². The van der Waals surface area contributed by atoms with Gasteiger partial charge in [0.2, 0.25) is 0 Å². The summed E-state index contributed by atoms with van der Waals surface area (Å²) < 4.78 is 5.01. The van der Waals surface area contributed by atoms with Gasteiger partial charge in [-0.1, -0.05) is 44.5 Å². The van der Waals surface area contributed by atoms with E-state index in [1.165, 1.54) is 12.7 Å². The number of benzene rings is 2. The quantitative estimate of drug-likeness (QED) is 0.566. The number of amides is 3. The highest BCUT2D eigenvalue weighted by Crippen LogP contribution is 2.32. The topological polar surface area (TPSA) is 87.7 Å². The van der Waals surface area contributed by atoms with Crippen LogP contribution in [0.3, 0.4) is 0 Å². The number of methoxy groups -OCH3 is 1. The van der Waals surface area contributed by atoms with Crippen molar-refractivity contribution in [2.24, 2.45) is 0 Å². The summed E-state index contributed by atoms with van der Waals surface area (Å²) in [7, 11) is 1.33. The molecule has 3 amide bonds. The molecule has 1 heterocycles. The monoisotopic (exact) mass is 449 g/mol. The Balaban J connectivity index is 1.81. The Hall–Kier alpha value is -3.61. The van der Waals surface area contributed by atoms with Crippen LogP contribution in [0.25, 0.3) is 0 Å². The SMILES string of the molecule is CCCCN1C(=O)NC(c2ccc(NC(=O)c3ccc(CC)cc3)cc2)C(C(=O)OC)=C1C. The molecule has 0 saturated heterocycles. The first-order valence-corrected chi connectivity index (χ1v) is 11.3. The molecule has 1 aliphatic rings. The first-order valence-electron chi connectivity index (χ1n) is 11.3. The Kier molecular flexibility index (Phi) is 7.87. The second-order valence-corrected chi connectivity index (χ2v) is 8.00. The van der Waals surface area contributed by atoms with Crippen molar-refractivity contribution in [1.82, 2.24) is 10.2 Å². The molecule has 174 valence electrons. The van der Waals surface area contributed by atoms with Crippen LogP contribution in [0.5, 0.6) is 0 Å². The van der Waals surface area contributed by atoms with Crippen molar-refractivity contribution in [2.75, 3.05) is 19.0 Å². The molecule has 0 fully saturated rings. The fourth-order valence-corrected chi connectivity index (χ4v) is 3.85. The molecule has 0 spiro atoms. The van der Waals surface area contributed by atoms with Gasteiger partial charge in [-0.05, 0) is 55.2 Å².